The van der Waals surface area contributed by atoms with Gasteiger partial charge in [-0.3, -0.25) is 4.79 Å². The second-order valence-corrected chi connectivity index (χ2v) is 5.62. The van der Waals surface area contributed by atoms with Crippen LogP contribution in [0.4, 0.5) is 13.2 Å². The molecule has 1 aliphatic rings. The fourth-order valence-electron chi connectivity index (χ4n) is 2.32. The molecule has 0 aliphatic heterocycles. The van der Waals surface area contributed by atoms with E-state index in [0.717, 1.165) is 11.5 Å². The van der Waals surface area contributed by atoms with E-state index in [-0.39, 0.29) is 17.0 Å². The summed E-state index contributed by atoms with van der Waals surface area (Å²) in [6, 6.07) is -0.123. The van der Waals surface area contributed by atoms with E-state index >= 15 is 0 Å². The zero-order valence-electron chi connectivity index (χ0n) is 10.6. The largest absolute Gasteiger partial charge is 0.401 e. The molecule has 1 amide bonds. The molecule has 0 aromatic carbocycles. The summed E-state index contributed by atoms with van der Waals surface area (Å²) in [5.41, 5.74) is 5.11. The Labute approximate surface area is 117 Å². The van der Waals surface area contributed by atoms with Gasteiger partial charge in [-0.05, 0) is 37.2 Å². The van der Waals surface area contributed by atoms with Gasteiger partial charge in [0, 0.05) is 12.0 Å². The van der Waals surface area contributed by atoms with Gasteiger partial charge in [-0.15, -0.1) is 0 Å². The molecular formula is C11H15F3N4OS. The number of carbonyl (C=O) groups excluding carboxylic acids is 1. The summed E-state index contributed by atoms with van der Waals surface area (Å²) in [7, 11) is 0. The van der Waals surface area contributed by atoms with Crippen LogP contribution in [0.25, 0.3) is 0 Å². The zero-order chi connectivity index (χ0) is 14.8. The molecule has 0 atom stereocenters. The third kappa shape index (κ3) is 4.14. The van der Waals surface area contributed by atoms with Crippen molar-refractivity contribution in [2.24, 2.45) is 5.73 Å². The van der Waals surface area contributed by atoms with Crippen molar-refractivity contribution in [3.63, 3.8) is 0 Å². The average molecular weight is 308 g/mol. The smallest absolute Gasteiger partial charge is 0.363 e. The third-order valence-corrected chi connectivity index (χ3v) is 4.08. The highest BCUT2D eigenvalue weighted by Crippen LogP contribution is 2.32. The number of nitrogens with zero attached hydrogens (tertiary/aromatic N) is 2. The summed E-state index contributed by atoms with van der Waals surface area (Å²) in [4.78, 5) is 15.0. The summed E-state index contributed by atoms with van der Waals surface area (Å²) in [6.45, 7) is -0.955. The minimum absolute atomic E-state index is 0.100. The van der Waals surface area contributed by atoms with Crippen molar-refractivity contribution in [1.29, 1.82) is 0 Å². The molecule has 1 saturated carbocycles. The Hall–Kier alpha value is -1.22. The maximum Gasteiger partial charge on any atom is 0.401 e. The van der Waals surface area contributed by atoms with Gasteiger partial charge in [0.1, 0.15) is 5.82 Å². The highest BCUT2D eigenvalue weighted by Gasteiger charge is 2.30. The number of halogens is 3. The van der Waals surface area contributed by atoms with Crippen molar-refractivity contribution in [3.8, 4) is 0 Å². The fourth-order valence-corrected chi connectivity index (χ4v) is 2.91. The first-order valence-corrected chi connectivity index (χ1v) is 7.06. The molecule has 0 radical (unpaired) electrons. The lowest BCUT2D eigenvalue weighted by Crippen LogP contribution is -2.39. The van der Waals surface area contributed by atoms with Crippen molar-refractivity contribution in [2.45, 2.75) is 43.8 Å². The number of aromatic nitrogens is 2. The SMILES string of the molecule is NC(=O)c1nc(C2CCC(NCC(F)(F)F)CC2)ns1. The molecular weight excluding hydrogens is 293 g/mol. The highest BCUT2D eigenvalue weighted by atomic mass is 32.1. The minimum atomic E-state index is -4.18. The molecule has 1 aromatic rings. The number of carbonyl (C=O) groups is 1. The molecule has 3 N–H and O–H groups in total. The molecule has 1 aromatic heterocycles. The van der Waals surface area contributed by atoms with Crippen LogP contribution in [0, 0.1) is 0 Å². The molecule has 0 spiro atoms. The van der Waals surface area contributed by atoms with Crippen LogP contribution >= 0.6 is 11.5 Å². The molecule has 20 heavy (non-hydrogen) atoms. The Morgan fingerprint density at radius 1 is 1.35 bits per heavy atom. The van der Waals surface area contributed by atoms with E-state index in [0.29, 0.717) is 31.5 Å². The standard InChI is InChI=1S/C11H15F3N4OS/c12-11(13,14)5-16-7-3-1-6(2-4-7)9-17-10(8(15)19)20-18-9/h6-7,16H,1-5H2,(H2,15,19). The van der Waals surface area contributed by atoms with Crippen molar-refractivity contribution in [1.82, 2.24) is 14.7 Å². The van der Waals surface area contributed by atoms with Gasteiger partial charge >= 0.3 is 6.18 Å². The van der Waals surface area contributed by atoms with E-state index < -0.39 is 18.6 Å². The monoisotopic (exact) mass is 308 g/mol. The van der Waals surface area contributed by atoms with Crippen LogP contribution in [0.5, 0.6) is 0 Å². The van der Waals surface area contributed by atoms with Crippen LogP contribution in [0.15, 0.2) is 0 Å². The lowest BCUT2D eigenvalue weighted by atomic mass is 9.85. The van der Waals surface area contributed by atoms with E-state index in [9.17, 15) is 18.0 Å². The summed E-state index contributed by atoms with van der Waals surface area (Å²) in [6.07, 6.45) is -1.46. The molecule has 5 nitrogen and oxygen atoms in total. The van der Waals surface area contributed by atoms with Gasteiger partial charge in [0.15, 0.2) is 0 Å². The lowest BCUT2D eigenvalue weighted by Gasteiger charge is -2.28. The Kier molecular flexibility index (Phi) is 4.59. The number of amides is 1. The molecule has 0 bridgehead atoms. The maximum atomic E-state index is 12.1. The van der Waals surface area contributed by atoms with Gasteiger partial charge < -0.3 is 11.1 Å². The molecule has 1 aliphatic carbocycles. The van der Waals surface area contributed by atoms with E-state index in [2.05, 4.69) is 14.7 Å². The molecule has 0 unspecified atom stereocenters. The van der Waals surface area contributed by atoms with Gasteiger partial charge in [0.25, 0.3) is 5.91 Å². The molecule has 1 heterocycles. The number of alkyl halides is 3. The van der Waals surface area contributed by atoms with Crippen molar-refractivity contribution >= 4 is 17.4 Å². The fraction of sp³-hybridized carbons (Fsp3) is 0.727. The van der Waals surface area contributed by atoms with Gasteiger partial charge in [-0.1, -0.05) is 0 Å². The first-order valence-electron chi connectivity index (χ1n) is 6.28. The van der Waals surface area contributed by atoms with Crippen LogP contribution in [0.2, 0.25) is 0 Å². The lowest BCUT2D eigenvalue weighted by molar-refractivity contribution is -0.126. The quantitative estimate of drug-likeness (QED) is 0.889. The molecule has 2 rings (SSSR count). The Bertz CT molecular complexity index is 468. The number of nitrogens with one attached hydrogen (secondary N) is 1. The highest BCUT2D eigenvalue weighted by molar-refractivity contribution is 7.07. The molecule has 0 saturated heterocycles. The van der Waals surface area contributed by atoms with E-state index in [1.807, 2.05) is 0 Å². The predicted molar refractivity (Wildman–Crippen MR) is 67.5 cm³/mol. The van der Waals surface area contributed by atoms with Crippen LogP contribution in [-0.2, 0) is 0 Å². The normalized spacial score (nSPS) is 23.8. The maximum absolute atomic E-state index is 12.1. The molecule has 1 fully saturated rings. The van der Waals surface area contributed by atoms with Gasteiger partial charge in [-0.2, -0.15) is 17.5 Å². The minimum Gasteiger partial charge on any atom is -0.363 e. The van der Waals surface area contributed by atoms with E-state index in [4.69, 9.17) is 5.73 Å². The van der Waals surface area contributed by atoms with Crippen LogP contribution in [0.3, 0.4) is 0 Å². The first-order chi connectivity index (χ1) is 9.35. The Balaban J connectivity index is 1.83. The van der Waals surface area contributed by atoms with Crippen molar-refractivity contribution in [2.75, 3.05) is 6.54 Å². The summed E-state index contributed by atoms with van der Waals surface area (Å²) in [5, 5.41) is 2.70. The second kappa shape index (κ2) is 6.04. The van der Waals surface area contributed by atoms with Gasteiger partial charge in [0.05, 0.1) is 6.54 Å². The summed E-state index contributed by atoms with van der Waals surface area (Å²) >= 11 is 0.966. The summed E-state index contributed by atoms with van der Waals surface area (Å²) in [5.74, 6) is 0.0793. The Morgan fingerprint density at radius 2 is 2.00 bits per heavy atom. The van der Waals surface area contributed by atoms with Crippen LogP contribution in [-0.4, -0.2) is 34.0 Å². The number of hydrogen-bond donors (Lipinski definition) is 2. The van der Waals surface area contributed by atoms with Gasteiger partial charge in [0.2, 0.25) is 5.01 Å². The van der Waals surface area contributed by atoms with Crippen LogP contribution < -0.4 is 11.1 Å². The zero-order valence-corrected chi connectivity index (χ0v) is 11.4. The first kappa shape index (κ1) is 15.2. The topological polar surface area (TPSA) is 80.9 Å². The third-order valence-electron chi connectivity index (χ3n) is 3.34. The summed E-state index contributed by atoms with van der Waals surface area (Å²) < 4.78 is 40.4. The van der Waals surface area contributed by atoms with E-state index in [1.165, 1.54) is 0 Å². The number of nitrogens with two attached hydrogens (primary N) is 1. The second-order valence-electron chi connectivity index (χ2n) is 4.87. The number of hydrogen-bond acceptors (Lipinski definition) is 5. The van der Waals surface area contributed by atoms with Crippen molar-refractivity contribution < 1.29 is 18.0 Å². The number of primary amides is 1. The van der Waals surface area contributed by atoms with E-state index in [1.54, 1.807) is 0 Å². The van der Waals surface area contributed by atoms with Crippen molar-refractivity contribution in [3.05, 3.63) is 10.8 Å². The van der Waals surface area contributed by atoms with Gasteiger partial charge in [-0.25, -0.2) is 4.98 Å². The Morgan fingerprint density at radius 3 is 2.50 bits per heavy atom. The molecule has 112 valence electrons. The van der Waals surface area contributed by atoms with Crippen LogP contribution in [0.1, 0.15) is 47.2 Å². The average Bonchev–Trinajstić information content (AvgIpc) is 2.86. The molecule has 9 heteroatoms. The number of rotatable bonds is 4. The predicted octanol–water partition coefficient (Wildman–Crippen LogP) is 1.82.